The maximum Gasteiger partial charge on any atom is 0.264 e. The molecule has 0 atom stereocenters. The highest BCUT2D eigenvalue weighted by Gasteiger charge is 2.27. The first-order chi connectivity index (χ1) is 16.2. The number of rotatable bonds is 9. The second kappa shape index (κ2) is 11.2. The molecule has 0 spiro atoms. The first-order valence-corrected chi connectivity index (χ1v) is 12.4. The van der Waals surface area contributed by atoms with Gasteiger partial charge in [0.05, 0.1) is 22.9 Å². The molecule has 1 amide bonds. The smallest absolute Gasteiger partial charge is 0.264 e. The van der Waals surface area contributed by atoms with Gasteiger partial charge in [0.15, 0.2) is 0 Å². The number of aryl methyl sites for hydroxylation is 1. The molecule has 3 aromatic rings. The Balaban J connectivity index is 1.83. The van der Waals surface area contributed by atoms with E-state index in [0.717, 1.165) is 21.2 Å². The van der Waals surface area contributed by atoms with Gasteiger partial charge in [-0.05, 0) is 80.4 Å². The van der Waals surface area contributed by atoms with Crippen molar-refractivity contribution in [3.63, 3.8) is 0 Å². The third-order valence-corrected chi connectivity index (χ3v) is 7.19. The summed E-state index contributed by atoms with van der Waals surface area (Å²) in [7, 11) is -4.03. The van der Waals surface area contributed by atoms with Crippen molar-refractivity contribution in [1.29, 1.82) is 0 Å². The van der Waals surface area contributed by atoms with Crippen LogP contribution in [0.2, 0.25) is 5.02 Å². The number of halogens is 1. The number of nitrogens with zero attached hydrogens (tertiary/aromatic N) is 2. The van der Waals surface area contributed by atoms with Crippen LogP contribution in [0.5, 0.6) is 5.75 Å². The average molecular weight is 500 g/mol. The molecule has 0 unspecified atom stereocenters. The van der Waals surface area contributed by atoms with E-state index in [9.17, 15) is 13.2 Å². The second-order valence-corrected chi connectivity index (χ2v) is 9.72. The van der Waals surface area contributed by atoms with Gasteiger partial charge in [0.1, 0.15) is 12.3 Å². The number of carbonyl (C=O) groups excluding carboxylic acids is 1. The van der Waals surface area contributed by atoms with Crippen molar-refractivity contribution in [2.75, 3.05) is 17.5 Å². The first kappa shape index (κ1) is 25.3. The Morgan fingerprint density at radius 1 is 1.06 bits per heavy atom. The summed E-state index contributed by atoms with van der Waals surface area (Å²) in [4.78, 5) is 12.8. The largest absolute Gasteiger partial charge is 0.494 e. The highest BCUT2D eigenvalue weighted by molar-refractivity contribution is 7.92. The van der Waals surface area contributed by atoms with Crippen molar-refractivity contribution in [3.8, 4) is 5.75 Å². The third kappa shape index (κ3) is 6.15. The predicted molar refractivity (Wildman–Crippen MR) is 135 cm³/mol. The molecular weight excluding hydrogens is 474 g/mol. The van der Waals surface area contributed by atoms with E-state index in [1.165, 1.54) is 18.2 Å². The van der Waals surface area contributed by atoms with Gasteiger partial charge in [0.25, 0.3) is 15.9 Å². The van der Waals surface area contributed by atoms with Crippen LogP contribution in [0.4, 0.5) is 5.69 Å². The van der Waals surface area contributed by atoms with Crippen LogP contribution in [0, 0.1) is 6.92 Å². The average Bonchev–Trinajstić information content (AvgIpc) is 2.84. The summed E-state index contributed by atoms with van der Waals surface area (Å²) >= 11 is 6.24. The summed E-state index contributed by atoms with van der Waals surface area (Å²) in [5.41, 5.74) is 4.88. The zero-order valence-corrected chi connectivity index (χ0v) is 20.7. The molecule has 0 saturated heterocycles. The van der Waals surface area contributed by atoms with Gasteiger partial charge in [-0.3, -0.25) is 9.10 Å². The molecule has 0 aliphatic rings. The van der Waals surface area contributed by atoms with Crippen LogP contribution in [0.3, 0.4) is 0 Å². The molecule has 0 aromatic heterocycles. The van der Waals surface area contributed by atoms with Crippen molar-refractivity contribution in [3.05, 3.63) is 88.9 Å². The third-order valence-electron chi connectivity index (χ3n) is 4.99. The highest BCUT2D eigenvalue weighted by Crippen LogP contribution is 2.28. The molecule has 3 rings (SSSR count). The Bertz CT molecular complexity index is 1280. The number of benzene rings is 3. The van der Waals surface area contributed by atoms with Crippen molar-refractivity contribution in [2.45, 2.75) is 25.7 Å². The lowest BCUT2D eigenvalue weighted by Crippen LogP contribution is -2.39. The van der Waals surface area contributed by atoms with E-state index in [2.05, 4.69) is 10.5 Å². The van der Waals surface area contributed by atoms with E-state index >= 15 is 0 Å². The van der Waals surface area contributed by atoms with E-state index in [1.54, 1.807) is 37.3 Å². The zero-order valence-electron chi connectivity index (χ0n) is 19.2. The molecule has 7 nitrogen and oxygen atoms in total. The number of hydrogen-bond acceptors (Lipinski definition) is 5. The quantitative estimate of drug-likeness (QED) is 0.339. The van der Waals surface area contributed by atoms with Crippen molar-refractivity contribution in [2.24, 2.45) is 5.10 Å². The van der Waals surface area contributed by atoms with Crippen LogP contribution >= 0.6 is 11.6 Å². The van der Waals surface area contributed by atoms with Crippen molar-refractivity contribution in [1.82, 2.24) is 5.43 Å². The van der Waals surface area contributed by atoms with Crippen LogP contribution in [-0.2, 0) is 14.8 Å². The summed E-state index contributed by atoms with van der Waals surface area (Å²) in [5.74, 6) is 0.142. The fourth-order valence-electron chi connectivity index (χ4n) is 3.11. The van der Waals surface area contributed by atoms with Gasteiger partial charge in [-0.1, -0.05) is 35.9 Å². The topological polar surface area (TPSA) is 88.1 Å². The van der Waals surface area contributed by atoms with Crippen molar-refractivity contribution >= 4 is 38.9 Å². The van der Waals surface area contributed by atoms with Gasteiger partial charge >= 0.3 is 0 Å². The molecule has 9 heteroatoms. The molecule has 0 radical (unpaired) electrons. The lowest BCUT2D eigenvalue weighted by Gasteiger charge is -2.24. The van der Waals surface area contributed by atoms with Gasteiger partial charge in [0.2, 0.25) is 0 Å². The van der Waals surface area contributed by atoms with Gasteiger partial charge in [0, 0.05) is 5.02 Å². The summed E-state index contributed by atoms with van der Waals surface area (Å²) in [5, 5.41) is 4.53. The van der Waals surface area contributed by atoms with Gasteiger partial charge in [-0.15, -0.1) is 0 Å². The molecule has 178 valence electrons. The van der Waals surface area contributed by atoms with Crippen LogP contribution in [0.1, 0.15) is 25.0 Å². The minimum absolute atomic E-state index is 0.0635. The fraction of sp³-hybridized carbons (Fsp3) is 0.200. The van der Waals surface area contributed by atoms with E-state index in [0.29, 0.717) is 17.3 Å². The van der Waals surface area contributed by atoms with E-state index in [4.69, 9.17) is 16.3 Å². The summed E-state index contributed by atoms with van der Waals surface area (Å²) in [6.07, 6.45) is 0. The molecule has 0 bridgehead atoms. The van der Waals surface area contributed by atoms with Gasteiger partial charge < -0.3 is 4.74 Å². The molecular formula is C25H26ClN3O4S. The van der Waals surface area contributed by atoms with E-state index in [1.807, 2.05) is 38.1 Å². The molecule has 0 aliphatic carbocycles. The lowest BCUT2D eigenvalue weighted by atomic mass is 10.1. The Kier molecular flexibility index (Phi) is 8.31. The molecule has 0 fully saturated rings. The molecule has 0 heterocycles. The second-order valence-electron chi connectivity index (χ2n) is 7.45. The number of hydrazone groups is 1. The normalized spacial score (nSPS) is 11.7. The molecule has 0 aliphatic heterocycles. The first-order valence-electron chi connectivity index (χ1n) is 10.6. The summed E-state index contributed by atoms with van der Waals surface area (Å²) in [6.45, 7) is 5.55. The minimum atomic E-state index is -4.03. The van der Waals surface area contributed by atoms with Crippen LogP contribution in [0.15, 0.2) is 82.8 Å². The summed E-state index contributed by atoms with van der Waals surface area (Å²) < 4.78 is 33.2. The Hall–Kier alpha value is -3.36. The Labute approximate surface area is 205 Å². The SMILES string of the molecule is CCOc1ccc(/C(C)=N\NC(=O)CN(c2ccc(C)c(Cl)c2)S(=O)(=O)c2ccccc2)cc1. The maximum absolute atomic E-state index is 13.4. The molecule has 34 heavy (non-hydrogen) atoms. The predicted octanol–water partition coefficient (Wildman–Crippen LogP) is 4.78. The molecule has 0 saturated carbocycles. The van der Waals surface area contributed by atoms with Crippen LogP contribution < -0.4 is 14.5 Å². The minimum Gasteiger partial charge on any atom is -0.494 e. The van der Waals surface area contributed by atoms with Crippen LogP contribution in [0.25, 0.3) is 0 Å². The number of carbonyl (C=O) groups is 1. The zero-order chi connectivity index (χ0) is 24.7. The Morgan fingerprint density at radius 2 is 1.74 bits per heavy atom. The van der Waals surface area contributed by atoms with Crippen LogP contribution in [-0.4, -0.2) is 33.2 Å². The Morgan fingerprint density at radius 3 is 2.35 bits per heavy atom. The maximum atomic E-state index is 13.4. The lowest BCUT2D eigenvalue weighted by molar-refractivity contribution is -0.119. The summed E-state index contributed by atoms with van der Waals surface area (Å²) in [6, 6.07) is 20.1. The van der Waals surface area contributed by atoms with E-state index in [-0.39, 0.29) is 10.6 Å². The number of anilines is 1. The standard InChI is InChI=1S/C25H26ClN3O4S/c1-4-33-22-14-11-20(12-15-22)19(3)27-28-25(30)17-29(21-13-10-18(2)24(26)16-21)34(31,32)23-8-6-5-7-9-23/h5-16H,4,17H2,1-3H3,(H,28,30)/b27-19-. The van der Waals surface area contributed by atoms with Crippen molar-refractivity contribution < 1.29 is 17.9 Å². The fourth-order valence-corrected chi connectivity index (χ4v) is 4.72. The molecule has 3 aromatic carbocycles. The monoisotopic (exact) mass is 499 g/mol. The number of amides is 1. The molecule has 1 N–H and O–H groups in total. The number of ether oxygens (including phenoxy) is 1. The highest BCUT2D eigenvalue weighted by atomic mass is 35.5. The number of nitrogens with one attached hydrogen (secondary N) is 1. The number of sulfonamides is 1. The van der Waals surface area contributed by atoms with E-state index < -0.39 is 22.5 Å². The van der Waals surface area contributed by atoms with Gasteiger partial charge in [-0.25, -0.2) is 13.8 Å². The number of hydrogen-bond donors (Lipinski definition) is 1. The van der Waals surface area contributed by atoms with Gasteiger partial charge in [-0.2, -0.15) is 5.10 Å².